The first-order chi connectivity index (χ1) is 8.19. The number of aryl methyl sites for hydroxylation is 1. The number of carbonyl (C=O) groups is 1. The molecule has 0 saturated carbocycles. The van der Waals surface area contributed by atoms with E-state index < -0.39 is 0 Å². The van der Waals surface area contributed by atoms with Crippen LogP contribution in [0.1, 0.15) is 11.3 Å². The summed E-state index contributed by atoms with van der Waals surface area (Å²) in [4.78, 5) is 14.7. The molecule has 0 fully saturated rings. The maximum Gasteiger partial charge on any atom is 0.227 e. The van der Waals surface area contributed by atoms with Crippen LogP contribution in [0.3, 0.4) is 0 Å². The Morgan fingerprint density at radius 1 is 1.59 bits per heavy atom. The van der Waals surface area contributed by atoms with Gasteiger partial charge in [-0.05, 0) is 13.2 Å². The Bertz CT molecular complexity index is 585. The summed E-state index contributed by atoms with van der Waals surface area (Å²) in [5.41, 5.74) is 5.33. The molecule has 0 atom stereocenters. The molecule has 0 aliphatic carbocycles. The number of carbonyl (C=O) groups excluding carboxylic acids is 1. The zero-order chi connectivity index (χ0) is 12.4. The normalized spacial score (nSPS) is 11.5. The van der Waals surface area contributed by atoms with Crippen LogP contribution >= 0.6 is 23.1 Å². The molecule has 0 aliphatic rings. The lowest BCUT2D eigenvalue weighted by Gasteiger charge is -1.97. The first-order valence-corrected chi connectivity index (χ1v) is 6.95. The molecule has 1 amide bonds. The van der Waals surface area contributed by atoms with Gasteiger partial charge >= 0.3 is 0 Å². The number of aromatic nitrogens is 2. The van der Waals surface area contributed by atoms with Crippen molar-refractivity contribution in [2.75, 3.05) is 6.26 Å². The van der Waals surface area contributed by atoms with Crippen molar-refractivity contribution < 1.29 is 4.79 Å². The first-order valence-electron chi connectivity index (χ1n) is 4.91. The van der Waals surface area contributed by atoms with Crippen molar-refractivity contribution in [3.05, 3.63) is 11.3 Å². The van der Waals surface area contributed by atoms with E-state index in [1.165, 1.54) is 0 Å². The molecule has 90 valence electrons. The molecule has 0 aliphatic heterocycles. The van der Waals surface area contributed by atoms with E-state index in [-0.39, 0.29) is 0 Å². The lowest BCUT2D eigenvalue weighted by molar-refractivity contribution is -0.109. The number of thiazole rings is 1. The number of nitrogens with one attached hydrogen (secondary N) is 1. The van der Waals surface area contributed by atoms with Gasteiger partial charge in [-0.15, -0.1) is 11.3 Å². The first kappa shape index (κ1) is 12.1. The van der Waals surface area contributed by atoms with E-state index in [0.29, 0.717) is 6.41 Å². The molecule has 0 bridgehead atoms. The zero-order valence-corrected chi connectivity index (χ0v) is 11.4. The van der Waals surface area contributed by atoms with Gasteiger partial charge in [0, 0.05) is 18.3 Å². The second-order valence-corrected chi connectivity index (χ2v) is 5.45. The summed E-state index contributed by atoms with van der Waals surface area (Å²) in [6.45, 7) is 2.01. The van der Waals surface area contributed by atoms with Gasteiger partial charge in [0.05, 0.1) is 10.9 Å². The van der Waals surface area contributed by atoms with E-state index in [1.54, 1.807) is 29.3 Å². The van der Waals surface area contributed by atoms with Crippen molar-refractivity contribution in [3.8, 4) is 0 Å². The van der Waals surface area contributed by atoms with Gasteiger partial charge in [-0.2, -0.15) is 5.10 Å². The fourth-order valence-electron chi connectivity index (χ4n) is 1.57. The number of rotatable bonds is 4. The van der Waals surface area contributed by atoms with Crippen LogP contribution in [0, 0.1) is 6.92 Å². The Hall–Kier alpha value is -1.34. The third-order valence-corrected chi connectivity index (χ3v) is 4.60. The van der Waals surface area contributed by atoms with Crippen LogP contribution < -0.4 is 5.43 Å². The van der Waals surface area contributed by atoms with E-state index in [9.17, 15) is 4.79 Å². The third kappa shape index (κ3) is 2.07. The van der Waals surface area contributed by atoms with Gasteiger partial charge in [-0.1, -0.05) is 11.8 Å². The van der Waals surface area contributed by atoms with Crippen molar-refractivity contribution >= 4 is 46.1 Å². The summed E-state index contributed by atoms with van der Waals surface area (Å²) in [5, 5.41) is 3.84. The van der Waals surface area contributed by atoms with Crippen molar-refractivity contribution in [2.45, 2.75) is 11.3 Å². The van der Waals surface area contributed by atoms with Gasteiger partial charge in [0.2, 0.25) is 6.41 Å². The summed E-state index contributed by atoms with van der Waals surface area (Å²) in [5.74, 6) is 0. The molecular formula is C10H12N4OS2. The molecule has 0 radical (unpaired) electrons. The number of nitrogens with zero attached hydrogens (tertiary/aromatic N) is 3. The summed E-state index contributed by atoms with van der Waals surface area (Å²) in [6, 6.07) is 0. The molecule has 2 rings (SSSR count). The van der Waals surface area contributed by atoms with E-state index in [2.05, 4.69) is 15.5 Å². The lowest BCUT2D eigenvalue weighted by Crippen LogP contribution is -2.01. The highest BCUT2D eigenvalue weighted by Gasteiger charge is 2.15. The average Bonchev–Trinajstić information content (AvgIpc) is 2.84. The van der Waals surface area contributed by atoms with Crippen LogP contribution in [0.25, 0.3) is 10.3 Å². The maximum atomic E-state index is 10.2. The predicted molar refractivity (Wildman–Crippen MR) is 71.9 cm³/mol. The van der Waals surface area contributed by atoms with Gasteiger partial charge in [-0.3, -0.25) is 4.79 Å². The quantitative estimate of drug-likeness (QED) is 0.398. The van der Waals surface area contributed by atoms with Crippen LogP contribution in [-0.4, -0.2) is 28.4 Å². The zero-order valence-electron chi connectivity index (χ0n) is 9.72. The number of hydrogen-bond acceptors (Lipinski definition) is 5. The fraction of sp³-hybridized carbons (Fsp3) is 0.300. The summed E-state index contributed by atoms with van der Waals surface area (Å²) < 4.78 is 4.17. The smallest absolute Gasteiger partial charge is 0.227 e. The molecule has 5 nitrogen and oxygen atoms in total. The standard InChI is InChI=1S/C10H12N4OS2/c1-6-7(4-11-12-5-15)8-9(14(6)2)13-10(16-3)17-8/h4-5H,1-3H3,(H,12,15)/b11-4-. The van der Waals surface area contributed by atoms with Crippen LogP contribution in [0.5, 0.6) is 0 Å². The van der Waals surface area contributed by atoms with E-state index in [4.69, 9.17) is 0 Å². The number of amides is 1. The monoisotopic (exact) mass is 268 g/mol. The Kier molecular flexibility index (Phi) is 3.49. The van der Waals surface area contributed by atoms with E-state index in [0.717, 1.165) is 25.9 Å². The van der Waals surface area contributed by atoms with E-state index >= 15 is 0 Å². The number of fused-ring (bicyclic) bond motifs is 1. The highest BCUT2D eigenvalue weighted by molar-refractivity contribution is 8.00. The molecule has 2 aromatic rings. The largest absolute Gasteiger partial charge is 0.332 e. The summed E-state index contributed by atoms with van der Waals surface area (Å²) in [6.07, 6.45) is 4.21. The van der Waals surface area contributed by atoms with Crippen molar-refractivity contribution in [3.63, 3.8) is 0 Å². The summed E-state index contributed by atoms with van der Waals surface area (Å²) >= 11 is 3.27. The molecular weight excluding hydrogens is 256 g/mol. The Labute approximate surface area is 107 Å². The Balaban J connectivity index is 2.55. The van der Waals surface area contributed by atoms with Crippen molar-refractivity contribution in [2.24, 2.45) is 12.1 Å². The Morgan fingerprint density at radius 3 is 3.00 bits per heavy atom. The number of hydrogen-bond donors (Lipinski definition) is 1. The van der Waals surface area contributed by atoms with Crippen molar-refractivity contribution in [1.82, 2.24) is 15.0 Å². The molecule has 1 N–H and O–H groups in total. The lowest BCUT2D eigenvalue weighted by atomic mass is 10.3. The molecule has 17 heavy (non-hydrogen) atoms. The minimum Gasteiger partial charge on any atom is -0.332 e. The predicted octanol–water partition coefficient (Wildman–Crippen LogP) is 1.75. The molecule has 2 aromatic heterocycles. The minimum atomic E-state index is 0.548. The molecule has 2 heterocycles. The average molecular weight is 268 g/mol. The molecule has 0 saturated heterocycles. The minimum absolute atomic E-state index is 0.548. The van der Waals surface area contributed by atoms with E-state index in [1.807, 2.05) is 24.8 Å². The van der Waals surface area contributed by atoms with Gasteiger partial charge in [0.1, 0.15) is 0 Å². The second-order valence-electron chi connectivity index (χ2n) is 3.40. The third-order valence-electron chi connectivity index (χ3n) is 2.54. The van der Waals surface area contributed by atoms with Gasteiger partial charge in [0.15, 0.2) is 9.99 Å². The van der Waals surface area contributed by atoms with Gasteiger partial charge in [0.25, 0.3) is 0 Å². The van der Waals surface area contributed by atoms with Crippen molar-refractivity contribution in [1.29, 1.82) is 0 Å². The highest BCUT2D eigenvalue weighted by atomic mass is 32.2. The number of hydrazone groups is 1. The van der Waals surface area contributed by atoms with Crippen LogP contribution in [0.2, 0.25) is 0 Å². The Morgan fingerprint density at radius 2 is 2.35 bits per heavy atom. The van der Waals surface area contributed by atoms with Gasteiger partial charge < -0.3 is 4.57 Å². The molecule has 0 unspecified atom stereocenters. The number of thioether (sulfide) groups is 1. The molecule has 7 heteroatoms. The van der Waals surface area contributed by atoms with Crippen LogP contribution in [0.15, 0.2) is 9.44 Å². The molecule has 0 aromatic carbocycles. The van der Waals surface area contributed by atoms with Crippen LogP contribution in [0.4, 0.5) is 0 Å². The maximum absolute atomic E-state index is 10.2. The second kappa shape index (κ2) is 4.89. The highest BCUT2D eigenvalue weighted by Crippen LogP contribution is 2.32. The van der Waals surface area contributed by atoms with Crippen LogP contribution in [-0.2, 0) is 11.8 Å². The SMILES string of the molecule is CSc1nc2c(s1)c(/C=N\NC=O)c(C)n2C. The summed E-state index contributed by atoms with van der Waals surface area (Å²) in [7, 11) is 1.98. The van der Waals surface area contributed by atoms with Gasteiger partial charge in [-0.25, -0.2) is 10.4 Å². The molecule has 0 spiro atoms. The topological polar surface area (TPSA) is 59.3 Å². The fourth-order valence-corrected chi connectivity index (χ4v) is 3.22.